The van der Waals surface area contributed by atoms with Crippen LogP contribution in [0.15, 0.2) is 79.0 Å². The van der Waals surface area contributed by atoms with Crippen molar-refractivity contribution in [3.05, 3.63) is 107 Å². The van der Waals surface area contributed by atoms with Crippen LogP contribution in [0.5, 0.6) is 0 Å². The number of para-hydroxylation sites is 1. The quantitative estimate of drug-likeness (QED) is 0.283. The van der Waals surface area contributed by atoms with Gasteiger partial charge in [0, 0.05) is 23.5 Å². The van der Waals surface area contributed by atoms with Crippen molar-refractivity contribution in [3.63, 3.8) is 0 Å². The maximum Gasteiger partial charge on any atom is 0.329 e. The summed E-state index contributed by atoms with van der Waals surface area (Å²) in [6.45, 7) is 7.62. The summed E-state index contributed by atoms with van der Waals surface area (Å²) in [5.41, 5.74) is 3.86. The first-order valence-corrected chi connectivity index (χ1v) is 12.3. The van der Waals surface area contributed by atoms with Crippen LogP contribution in [0.2, 0.25) is 0 Å². The van der Waals surface area contributed by atoms with Gasteiger partial charge in [0.25, 0.3) is 0 Å². The maximum atomic E-state index is 14.0. The van der Waals surface area contributed by atoms with E-state index in [2.05, 4.69) is 10.3 Å². The van der Waals surface area contributed by atoms with Gasteiger partial charge in [-0.05, 0) is 67.5 Å². The van der Waals surface area contributed by atoms with Crippen LogP contribution in [0.3, 0.4) is 0 Å². The summed E-state index contributed by atoms with van der Waals surface area (Å²) in [6, 6.07) is 23.9. The van der Waals surface area contributed by atoms with Crippen molar-refractivity contribution in [2.24, 2.45) is 5.41 Å². The number of H-pyrrole nitrogens is 1. The summed E-state index contributed by atoms with van der Waals surface area (Å²) in [5.74, 6) is -1.32. The maximum absolute atomic E-state index is 14.0. The zero-order valence-corrected chi connectivity index (χ0v) is 21.4. The Morgan fingerprint density at radius 2 is 1.31 bits per heavy atom. The number of nitrogens with one attached hydrogen (secondary N) is 2. The van der Waals surface area contributed by atoms with Gasteiger partial charge in [-0.15, -0.1) is 0 Å². The van der Waals surface area contributed by atoms with Crippen molar-refractivity contribution in [3.8, 4) is 0 Å². The van der Waals surface area contributed by atoms with Gasteiger partial charge in [0.1, 0.15) is 5.54 Å². The van der Waals surface area contributed by atoms with Crippen LogP contribution in [0.4, 0.5) is 0 Å². The number of carbonyl (C=O) groups excluding carboxylic acids is 1. The number of carbonyl (C=O) groups is 2. The molecule has 3 aromatic carbocycles. The first-order valence-electron chi connectivity index (χ1n) is 12.3. The van der Waals surface area contributed by atoms with E-state index in [9.17, 15) is 14.7 Å². The molecule has 1 atom stereocenters. The number of rotatable bonds is 9. The van der Waals surface area contributed by atoms with Gasteiger partial charge in [0.15, 0.2) is 0 Å². The highest BCUT2D eigenvalue weighted by Crippen LogP contribution is 2.32. The number of amides is 1. The van der Waals surface area contributed by atoms with E-state index in [1.807, 2.05) is 99.8 Å². The number of aromatic nitrogens is 1. The molecule has 4 rings (SSSR count). The summed E-state index contributed by atoms with van der Waals surface area (Å²) in [6.07, 6.45) is 3.01. The summed E-state index contributed by atoms with van der Waals surface area (Å²) >= 11 is 0. The Hall–Kier alpha value is -3.86. The molecule has 0 saturated carbocycles. The van der Waals surface area contributed by atoms with Crippen LogP contribution in [0.1, 0.15) is 41.7 Å². The second kappa shape index (κ2) is 10.0. The monoisotopic (exact) mass is 482 g/mol. The normalized spacial score (nSPS) is 13.3. The lowest BCUT2D eigenvalue weighted by Crippen LogP contribution is -2.58. The molecule has 4 aromatic rings. The molecule has 0 saturated heterocycles. The Kier molecular flexibility index (Phi) is 7.02. The van der Waals surface area contributed by atoms with Crippen LogP contribution in [0.25, 0.3) is 10.9 Å². The van der Waals surface area contributed by atoms with Crippen molar-refractivity contribution in [1.29, 1.82) is 0 Å². The number of fused-ring (bicyclic) bond motifs is 1. The molecule has 0 fully saturated rings. The molecule has 1 heterocycles. The number of aromatic amines is 1. The highest BCUT2D eigenvalue weighted by Gasteiger charge is 2.42. The predicted octanol–water partition coefficient (Wildman–Crippen LogP) is 5.78. The summed E-state index contributed by atoms with van der Waals surface area (Å²) in [7, 11) is 0. The molecule has 0 spiro atoms. The number of carboxylic acid groups (broad SMARTS) is 1. The Morgan fingerprint density at radius 3 is 1.86 bits per heavy atom. The molecule has 0 aliphatic rings. The number of benzene rings is 3. The number of carboxylic acids is 1. The molecule has 1 amide bonds. The van der Waals surface area contributed by atoms with Crippen molar-refractivity contribution < 1.29 is 14.7 Å². The number of hydrogen-bond donors (Lipinski definition) is 3. The van der Waals surface area contributed by atoms with Gasteiger partial charge in [0.2, 0.25) is 5.91 Å². The molecule has 0 bridgehead atoms. The Labute approximate surface area is 212 Å². The van der Waals surface area contributed by atoms with Crippen LogP contribution < -0.4 is 5.32 Å². The minimum absolute atomic E-state index is 0.170. The summed E-state index contributed by atoms with van der Waals surface area (Å²) < 4.78 is 0. The van der Waals surface area contributed by atoms with Gasteiger partial charge in [-0.3, -0.25) is 4.79 Å². The van der Waals surface area contributed by atoms with Crippen molar-refractivity contribution in [2.75, 3.05) is 0 Å². The average molecular weight is 483 g/mol. The van der Waals surface area contributed by atoms with Crippen LogP contribution in [0, 0.1) is 19.3 Å². The molecule has 0 aliphatic carbocycles. The highest BCUT2D eigenvalue weighted by atomic mass is 16.4. The van der Waals surface area contributed by atoms with Crippen molar-refractivity contribution in [1.82, 2.24) is 10.3 Å². The van der Waals surface area contributed by atoms with Crippen molar-refractivity contribution >= 4 is 22.8 Å². The smallest absolute Gasteiger partial charge is 0.329 e. The van der Waals surface area contributed by atoms with Crippen LogP contribution in [-0.2, 0) is 28.9 Å². The third kappa shape index (κ3) is 5.20. The van der Waals surface area contributed by atoms with Gasteiger partial charge in [-0.1, -0.05) is 73.7 Å². The molecular formula is C31H34N2O3. The molecule has 186 valence electrons. The lowest BCUT2D eigenvalue weighted by molar-refractivity contribution is -0.148. The lowest BCUT2D eigenvalue weighted by atomic mass is 9.75. The highest BCUT2D eigenvalue weighted by molar-refractivity contribution is 5.91. The second-order valence-electron chi connectivity index (χ2n) is 10.4. The fourth-order valence-corrected chi connectivity index (χ4v) is 4.91. The van der Waals surface area contributed by atoms with Gasteiger partial charge in [-0.2, -0.15) is 0 Å². The first kappa shape index (κ1) is 25.2. The van der Waals surface area contributed by atoms with E-state index in [0.29, 0.717) is 12.8 Å². The SMILES string of the molecule is Cc1ccccc1CC(C)(Cc1ccccc1C)C(=O)N[C@](C)(Cc1c[nH]c2ccccc12)C(=O)O. The van der Waals surface area contributed by atoms with E-state index in [-0.39, 0.29) is 12.3 Å². The molecule has 3 N–H and O–H groups in total. The van der Waals surface area contributed by atoms with Gasteiger partial charge in [0.05, 0.1) is 5.41 Å². The third-order valence-corrected chi connectivity index (χ3v) is 7.31. The fourth-order valence-electron chi connectivity index (χ4n) is 4.91. The van der Waals surface area contributed by atoms with E-state index in [1.54, 1.807) is 6.92 Å². The summed E-state index contributed by atoms with van der Waals surface area (Å²) in [4.78, 5) is 29.8. The number of hydrogen-bond acceptors (Lipinski definition) is 2. The standard InChI is InChI=1S/C31H34N2O3/c1-21-11-5-7-13-23(21)17-30(3,18-24-14-8-6-12-22(24)2)28(34)33-31(4,29(35)36)19-25-20-32-27-16-10-9-15-26(25)27/h5-16,20,32H,17-19H2,1-4H3,(H,33,34)(H,35,36)/t31-/m1/s1. The molecule has 1 aromatic heterocycles. The van der Waals surface area contributed by atoms with Crippen LogP contribution >= 0.6 is 0 Å². The van der Waals surface area contributed by atoms with E-state index in [0.717, 1.165) is 38.7 Å². The molecule has 5 nitrogen and oxygen atoms in total. The number of aliphatic carboxylic acids is 1. The Bertz CT molecular complexity index is 1360. The molecule has 36 heavy (non-hydrogen) atoms. The minimum Gasteiger partial charge on any atom is -0.480 e. The topological polar surface area (TPSA) is 82.2 Å². The Morgan fingerprint density at radius 1 is 0.778 bits per heavy atom. The molecule has 0 unspecified atom stereocenters. The molecule has 0 aliphatic heterocycles. The average Bonchev–Trinajstić information content (AvgIpc) is 3.24. The largest absolute Gasteiger partial charge is 0.480 e. The van der Waals surface area contributed by atoms with Crippen molar-refractivity contribution in [2.45, 2.75) is 52.5 Å². The zero-order valence-electron chi connectivity index (χ0n) is 21.4. The van der Waals surface area contributed by atoms with E-state index in [1.165, 1.54) is 0 Å². The second-order valence-corrected chi connectivity index (χ2v) is 10.4. The first-order chi connectivity index (χ1) is 17.1. The summed E-state index contributed by atoms with van der Waals surface area (Å²) in [5, 5.41) is 14.2. The fraction of sp³-hybridized carbons (Fsp3) is 0.290. The van der Waals surface area contributed by atoms with Gasteiger partial charge < -0.3 is 15.4 Å². The minimum atomic E-state index is -1.47. The molecular weight excluding hydrogens is 448 g/mol. The zero-order chi connectivity index (χ0) is 25.9. The third-order valence-electron chi connectivity index (χ3n) is 7.31. The van der Waals surface area contributed by atoms with E-state index < -0.39 is 16.9 Å². The predicted molar refractivity (Wildman–Crippen MR) is 144 cm³/mol. The van der Waals surface area contributed by atoms with E-state index in [4.69, 9.17) is 0 Å². The molecule has 0 radical (unpaired) electrons. The lowest BCUT2D eigenvalue weighted by Gasteiger charge is -2.35. The van der Waals surface area contributed by atoms with Crippen LogP contribution in [-0.4, -0.2) is 27.5 Å². The van der Waals surface area contributed by atoms with E-state index >= 15 is 0 Å². The number of aryl methyl sites for hydroxylation is 2. The Balaban J connectivity index is 1.68. The van der Waals surface area contributed by atoms with Gasteiger partial charge >= 0.3 is 5.97 Å². The van der Waals surface area contributed by atoms with Gasteiger partial charge in [-0.25, -0.2) is 4.79 Å². The molecule has 5 heteroatoms.